The topological polar surface area (TPSA) is 64.7 Å². The normalized spacial score (nSPS) is 41.8. The number of hydrogen-bond donors (Lipinski definition) is 2. The first-order valence-electron chi connectivity index (χ1n) is 3.45. The van der Waals surface area contributed by atoms with E-state index in [2.05, 4.69) is 9.72 Å². The van der Waals surface area contributed by atoms with Gasteiger partial charge in [0.1, 0.15) is 0 Å². The highest BCUT2D eigenvalue weighted by atomic mass is 31.3. The van der Waals surface area contributed by atoms with Crippen molar-refractivity contribution in [2.45, 2.75) is 0 Å². The maximum absolute atomic E-state index is 11.6. The smallest absolute Gasteiger partial charge is 0.270 e. The molecule has 72 valence electrons. The fourth-order valence-electron chi connectivity index (χ4n) is 0.725. The molecule has 0 radical (unpaired) electrons. The lowest BCUT2D eigenvalue weighted by molar-refractivity contribution is 0.458. The molecule has 0 saturated carbocycles. The Hall–Kier alpha value is 0.300. The van der Waals surface area contributed by atoms with Gasteiger partial charge < -0.3 is 0 Å². The Morgan fingerprint density at radius 2 is 1.08 bits per heavy atom. The van der Waals surface area contributed by atoms with Crippen LogP contribution in [0.4, 0.5) is 0 Å². The van der Waals surface area contributed by atoms with Crippen LogP contribution in [0, 0.1) is 0 Å². The molecule has 1 fully saturated rings. The summed E-state index contributed by atoms with van der Waals surface area (Å²) < 4.78 is 26.2. The van der Waals surface area contributed by atoms with Crippen LogP contribution < -0.4 is 9.72 Å². The summed E-state index contributed by atoms with van der Waals surface area (Å²) in [4.78, 5) is 5.17. The standard InChI is InChI=1S/C4H14N4O2P2/c1-7(2)11(9)5-12(10,6-11)8(3)4/h1-4H3,(H2,5,6,9,10). The second-order valence-corrected chi connectivity index (χ2v) is 8.55. The van der Waals surface area contributed by atoms with Crippen LogP contribution in [0.25, 0.3) is 0 Å². The van der Waals surface area contributed by atoms with Crippen LogP contribution in [0.3, 0.4) is 0 Å². The maximum atomic E-state index is 11.6. The van der Waals surface area contributed by atoms with E-state index in [0.717, 1.165) is 0 Å². The summed E-state index contributed by atoms with van der Waals surface area (Å²) in [7, 11) is 1.24. The second-order valence-electron chi connectivity index (χ2n) is 3.05. The minimum atomic E-state index is -2.71. The van der Waals surface area contributed by atoms with E-state index in [1.807, 2.05) is 0 Å². The molecule has 6 nitrogen and oxygen atoms in total. The first kappa shape index (κ1) is 10.4. The third-order valence-electron chi connectivity index (χ3n) is 1.67. The monoisotopic (exact) mass is 212 g/mol. The molecule has 0 aromatic carbocycles. The Labute approximate surface area is 72.4 Å². The quantitative estimate of drug-likeness (QED) is 0.650. The Morgan fingerprint density at radius 1 is 0.833 bits per heavy atom. The summed E-state index contributed by atoms with van der Waals surface area (Å²) in [5, 5.41) is 0. The van der Waals surface area contributed by atoms with E-state index in [1.165, 1.54) is 9.34 Å². The van der Waals surface area contributed by atoms with Gasteiger partial charge in [-0.15, -0.1) is 0 Å². The number of hydrogen-bond acceptors (Lipinski definition) is 2. The van der Waals surface area contributed by atoms with Gasteiger partial charge >= 0.3 is 0 Å². The van der Waals surface area contributed by atoms with Crippen molar-refractivity contribution in [1.82, 2.24) is 19.1 Å². The average molecular weight is 212 g/mol. The predicted molar refractivity (Wildman–Crippen MR) is 48.9 cm³/mol. The van der Waals surface area contributed by atoms with Gasteiger partial charge in [-0.2, -0.15) is 9.72 Å². The molecule has 12 heavy (non-hydrogen) atoms. The zero-order valence-corrected chi connectivity index (χ0v) is 9.39. The molecular formula is C4H14N4O2P2. The van der Waals surface area contributed by atoms with E-state index in [9.17, 15) is 9.13 Å². The van der Waals surface area contributed by atoms with E-state index in [1.54, 1.807) is 28.2 Å². The van der Waals surface area contributed by atoms with Crippen LogP contribution in [-0.2, 0) is 9.13 Å². The SMILES string of the molecule is CN(C)P1(=O)NP(=O)(N(C)C)N1. The number of nitrogens with one attached hydrogen (secondary N) is 2. The van der Waals surface area contributed by atoms with Gasteiger partial charge in [-0.25, -0.2) is 9.34 Å². The number of rotatable bonds is 2. The lowest BCUT2D eigenvalue weighted by atomic mass is 11.3. The molecule has 1 heterocycles. The Bertz CT molecular complexity index is 236. The molecule has 1 rings (SSSR count). The van der Waals surface area contributed by atoms with E-state index >= 15 is 0 Å². The number of nitrogens with zero attached hydrogens (tertiary/aromatic N) is 2. The molecule has 0 aliphatic carbocycles. The van der Waals surface area contributed by atoms with Crippen LogP contribution in [0.15, 0.2) is 0 Å². The fourth-order valence-corrected chi connectivity index (χ4v) is 6.53. The largest absolute Gasteiger partial charge is 0.296 e. The molecule has 1 aliphatic rings. The van der Waals surface area contributed by atoms with Crippen molar-refractivity contribution in [3.05, 3.63) is 0 Å². The van der Waals surface area contributed by atoms with Crippen molar-refractivity contribution in [3.8, 4) is 0 Å². The molecule has 8 heteroatoms. The van der Waals surface area contributed by atoms with Crippen molar-refractivity contribution in [1.29, 1.82) is 0 Å². The van der Waals surface area contributed by atoms with Crippen molar-refractivity contribution in [3.63, 3.8) is 0 Å². The summed E-state index contributed by atoms with van der Waals surface area (Å²) >= 11 is 0. The van der Waals surface area contributed by atoms with Crippen molar-refractivity contribution < 1.29 is 9.13 Å². The average Bonchev–Trinajstić information content (AvgIpc) is 1.83. The first-order valence-corrected chi connectivity index (χ1v) is 6.77. The van der Waals surface area contributed by atoms with Gasteiger partial charge in [0.25, 0.3) is 15.2 Å². The van der Waals surface area contributed by atoms with Crippen molar-refractivity contribution >= 4 is 15.2 Å². The molecule has 0 aromatic heterocycles. The van der Waals surface area contributed by atoms with Crippen LogP contribution in [-0.4, -0.2) is 37.5 Å². The van der Waals surface area contributed by atoms with Gasteiger partial charge in [0.2, 0.25) is 0 Å². The van der Waals surface area contributed by atoms with Crippen molar-refractivity contribution in [2.75, 3.05) is 28.2 Å². The molecule has 0 atom stereocenters. The van der Waals surface area contributed by atoms with Gasteiger partial charge in [-0.3, -0.25) is 9.13 Å². The lowest BCUT2D eigenvalue weighted by Gasteiger charge is -2.43. The molecule has 2 N–H and O–H groups in total. The van der Waals surface area contributed by atoms with Gasteiger partial charge in [0.15, 0.2) is 0 Å². The fraction of sp³-hybridized carbons (Fsp3) is 1.00. The molecule has 0 amide bonds. The Kier molecular flexibility index (Phi) is 2.52. The second kappa shape index (κ2) is 2.91. The zero-order chi connectivity index (χ0) is 9.57. The predicted octanol–water partition coefficient (Wildman–Crippen LogP) is 0.519. The van der Waals surface area contributed by atoms with E-state index < -0.39 is 15.2 Å². The van der Waals surface area contributed by atoms with Crippen LogP contribution in [0.1, 0.15) is 0 Å². The zero-order valence-electron chi connectivity index (χ0n) is 7.61. The van der Waals surface area contributed by atoms with Gasteiger partial charge in [-0.05, 0) is 28.2 Å². The van der Waals surface area contributed by atoms with Crippen LogP contribution in [0.2, 0.25) is 0 Å². The molecule has 0 unspecified atom stereocenters. The summed E-state index contributed by atoms with van der Waals surface area (Å²) in [5.41, 5.74) is 0. The first-order chi connectivity index (χ1) is 5.30. The maximum Gasteiger partial charge on any atom is 0.296 e. The van der Waals surface area contributed by atoms with Gasteiger partial charge in [0.05, 0.1) is 0 Å². The lowest BCUT2D eigenvalue weighted by Crippen LogP contribution is -2.45. The molecule has 0 bridgehead atoms. The highest BCUT2D eigenvalue weighted by molar-refractivity contribution is 7.87. The highest BCUT2D eigenvalue weighted by Gasteiger charge is 2.50. The van der Waals surface area contributed by atoms with Crippen LogP contribution >= 0.6 is 15.2 Å². The van der Waals surface area contributed by atoms with E-state index in [0.29, 0.717) is 0 Å². The molecule has 0 aromatic rings. The Balaban J connectivity index is 2.69. The third kappa shape index (κ3) is 1.51. The summed E-state index contributed by atoms with van der Waals surface area (Å²) in [5.74, 6) is 0. The van der Waals surface area contributed by atoms with Crippen molar-refractivity contribution in [2.24, 2.45) is 0 Å². The highest BCUT2D eigenvalue weighted by Crippen LogP contribution is 2.67. The van der Waals surface area contributed by atoms with Crippen LogP contribution in [0.5, 0.6) is 0 Å². The molecule has 1 aliphatic heterocycles. The molecule has 1 saturated heterocycles. The van der Waals surface area contributed by atoms with E-state index in [-0.39, 0.29) is 0 Å². The molecular weight excluding hydrogens is 198 g/mol. The van der Waals surface area contributed by atoms with Gasteiger partial charge in [0, 0.05) is 0 Å². The minimum absolute atomic E-state index is 1.51. The minimum Gasteiger partial charge on any atom is -0.270 e. The summed E-state index contributed by atoms with van der Waals surface area (Å²) in [6, 6.07) is 0. The summed E-state index contributed by atoms with van der Waals surface area (Å²) in [6.07, 6.45) is 0. The van der Waals surface area contributed by atoms with E-state index in [4.69, 9.17) is 0 Å². The van der Waals surface area contributed by atoms with Gasteiger partial charge in [-0.1, -0.05) is 0 Å². The summed E-state index contributed by atoms with van der Waals surface area (Å²) in [6.45, 7) is 0. The Morgan fingerprint density at radius 3 is 1.25 bits per heavy atom. The molecule has 0 spiro atoms. The third-order valence-corrected chi connectivity index (χ3v) is 8.26.